The van der Waals surface area contributed by atoms with Gasteiger partial charge in [0.25, 0.3) is 0 Å². The smallest absolute Gasteiger partial charge is 0.243 e. The van der Waals surface area contributed by atoms with Crippen molar-refractivity contribution in [2.24, 2.45) is 0 Å². The molecule has 0 radical (unpaired) electrons. The fraction of sp³-hybridized carbons (Fsp3) is 0.381. The zero-order chi connectivity index (χ0) is 21.6. The van der Waals surface area contributed by atoms with E-state index < -0.39 is 10.0 Å². The molecule has 0 heterocycles. The van der Waals surface area contributed by atoms with Gasteiger partial charge in [-0.15, -0.1) is 0 Å². The van der Waals surface area contributed by atoms with E-state index in [1.165, 1.54) is 17.5 Å². The van der Waals surface area contributed by atoms with Crippen molar-refractivity contribution in [1.82, 2.24) is 4.31 Å². The highest BCUT2D eigenvalue weighted by atomic mass is 32.2. The minimum Gasteiger partial charge on any atom is -0.493 e. The monoisotopic (exact) mass is 420 g/mol. The van der Waals surface area contributed by atoms with Gasteiger partial charge in [-0.1, -0.05) is 26.0 Å². The lowest BCUT2D eigenvalue weighted by Gasteiger charge is -2.20. The zero-order valence-electron chi connectivity index (χ0n) is 17.5. The number of aryl methyl sites for hydroxylation is 1. The standard InChI is InChI=1S/C21H28N2O5S/c1-6-23(7-2)29(25,26)20-14-17(10-8-15(20)3)22-21(24)13-16-9-11-18(27-4)19(12-16)28-5/h8-12,14H,6-7,13H2,1-5H3,(H,22,24). The van der Waals surface area contributed by atoms with Crippen LogP contribution >= 0.6 is 0 Å². The lowest BCUT2D eigenvalue weighted by atomic mass is 10.1. The van der Waals surface area contributed by atoms with E-state index in [2.05, 4.69) is 5.32 Å². The van der Waals surface area contributed by atoms with Crippen molar-refractivity contribution in [1.29, 1.82) is 0 Å². The van der Waals surface area contributed by atoms with E-state index in [1.807, 2.05) is 0 Å². The van der Waals surface area contributed by atoms with Crippen LogP contribution in [0.25, 0.3) is 0 Å². The molecule has 0 fully saturated rings. The molecule has 0 atom stereocenters. The van der Waals surface area contributed by atoms with Crippen LogP contribution in [0.3, 0.4) is 0 Å². The average Bonchev–Trinajstić information content (AvgIpc) is 2.69. The van der Waals surface area contributed by atoms with Gasteiger partial charge in [-0.25, -0.2) is 8.42 Å². The Morgan fingerprint density at radius 3 is 2.24 bits per heavy atom. The average molecular weight is 421 g/mol. The molecule has 0 spiro atoms. The summed E-state index contributed by atoms with van der Waals surface area (Å²) < 4.78 is 37.6. The number of nitrogens with zero attached hydrogens (tertiary/aromatic N) is 1. The Labute approximate surface area is 172 Å². The van der Waals surface area contributed by atoms with Crippen molar-refractivity contribution in [3.63, 3.8) is 0 Å². The van der Waals surface area contributed by atoms with Gasteiger partial charge in [-0.3, -0.25) is 4.79 Å². The van der Waals surface area contributed by atoms with Crippen LogP contribution in [0.1, 0.15) is 25.0 Å². The number of rotatable bonds is 9. The van der Waals surface area contributed by atoms with Crippen LogP contribution in [0.4, 0.5) is 5.69 Å². The summed E-state index contributed by atoms with van der Waals surface area (Å²) in [6, 6.07) is 10.2. The van der Waals surface area contributed by atoms with Gasteiger partial charge in [0.1, 0.15) is 0 Å². The van der Waals surface area contributed by atoms with E-state index >= 15 is 0 Å². The van der Waals surface area contributed by atoms with Crippen LogP contribution in [0.2, 0.25) is 0 Å². The maximum absolute atomic E-state index is 12.9. The predicted octanol–water partition coefficient (Wildman–Crippen LogP) is 3.22. The van der Waals surface area contributed by atoms with Crippen LogP contribution in [0, 0.1) is 6.92 Å². The molecule has 0 saturated carbocycles. The fourth-order valence-electron chi connectivity index (χ4n) is 3.04. The van der Waals surface area contributed by atoms with Crippen LogP contribution in [0.15, 0.2) is 41.3 Å². The highest BCUT2D eigenvalue weighted by Gasteiger charge is 2.24. The first-order chi connectivity index (χ1) is 13.8. The van der Waals surface area contributed by atoms with Crippen LogP contribution in [-0.4, -0.2) is 45.9 Å². The Bertz CT molecular complexity index is 969. The van der Waals surface area contributed by atoms with E-state index in [0.717, 1.165) is 5.56 Å². The summed E-state index contributed by atoms with van der Waals surface area (Å²) in [7, 11) is -0.533. The van der Waals surface area contributed by atoms with Crippen molar-refractivity contribution in [3.05, 3.63) is 47.5 Å². The Balaban J connectivity index is 2.21. The molecule has 0 unspecified atom stereocenters. The Morgan fingerprint density at radius 2 is 1.66 bits per heavy atom. The minimum atomic E-state index is -3.61. The number of methoxy groups -OCH3 is 2. The summed E-state index contributed by atoms with van der Waals surface area (Å²) in [4.78, 5) is 12.7. The molecule has 2 rings (SSSR count). The van der Waals surface area contributed by atoms with Crippen molar-refractivity contribution in [3.8, 4) is 11.5 Å². The number of ether oxygens (including phenoxy) is 2. The molecule has 8 heteroatoms. The van der Waals surface area contributed by atoms with Crippen molar-refractivity contribution < 1.29 is 22.7 Å². The predicted molar refractivity (Wildman–Crippen MR) is 113 cm³/mol. The second-order valence-corrected chi connectivity index (χ2v) is 8.39. The molecular formula is C21H28N2O5S. The van der Waals surface area contributed by atoms with Gasteiger partial charge in [0.2, 0.25) is 15.9 Å². The molecular weight excluding hydrogens is 392 g/mol. The van der Waals surface area contributed by atoms with Gasteiger partial charge in [0, 0.05) is 18.8 Å². The second-order valence-electron chi connectivity index (χ2n) is 6.48. The van der Waals surface area contributed by atoms with Crippen molar-refractivity contribution in [2.75, 3.05) is 32.6 Å². The molecule has 0 bridgehead atoms. The molecule has 0 aromatic heterocycles. The summed E-state index contributed by atoms with van der Waals surface area (Å²) >= 11 is 0. The number of benzene rings is 2. The summed E-state index contributed by atoms with van der Waals surface area (Å²) in [5, 5.41) is 2.78. The van der Waals surface area contributed by atoms with Gasteiger partial charge in [0.15, 0.2) is 11.5 Å². The molecule has 7 nitrogen and oxygen atoms in total. The topological polar surface area (TPSA) is 84.9 Å². The second kappa shape index (κ2) is 9.76. The Hall–Kier alpha value is -2.58. The third-order valence-electron chi connectivity index (χ3n) is 4.61. The van der Waals surface area contributed by atoms with Gasteiger partial charge in [-0.05, 0) is 42.3 Å². The molecule has 2 aromatic carbocycles. The number of carbonyl (C=O) groups excluding carboxylic acids is 1. The number of hydrogen-bond acceptors (Lipinski definition) is 5. The summed E-state index contributed by atoms with van der Waals surface area (Å²) in [6.07, 6.45) is 0.117. The summed E-state index contributed by atoms with van der Waals surface area (Å²) in [5.41, 5.74) is 1.82. The van der Waals surface area contributed by atoms with Gasteiger partial charge < -0.3 is 14.8 Å². The number of nitrogens with one attached hydrogen (secondary N) is 1. The molecule has 1 amide bonds. The van der Waals surface area contributed by atoms with Gasteiger partial charge in [-0.2, -0.15) is 4.31 Å². The number of sulfonamides is 1. The molecule has 0 aliphatic heterocycles. The maximum Gasteiger partial charge on any atom is 0.243 e. The highest BCUT2D eigenvalue weighted by molar-refractivity contribution is 7.89. The van der Waals surface area contributed by atoms with E-state index in [-0.39, 0.29) is 17.2 Å². The first-order valence-corrected chi connectivity index (χ1v) is 10.8. The third-order valence-corrected chi connectivity index (χ3v) is 6.80. The maximum atomic E-state index is 12.9. The summed E-state index contributed by atoms with van der Waals surface area (Å²) in [6.45, 7) is 6.10. The highest BCUT2D eigenvalue weighted by Crippen LogP contribution is 2.28. The quantitative estimate of drug-likeness (QED) is 0.673. The Morgan fingerprint density at radius 1 is 1.00 bits per heavy atom. The molecule has 158 valence electrons. The number of carbonyl (C=O) groups is 1. The first-order valence-electron chi connectivity index (χ1n) is 9.38. The molecule has 29 heavy (non-hydrogen) atoms. The molecule has 0 saturated heterocycles. The van der Waals surface area contributed by atoms with E-state index in [1.54, 1.807) is 58.2 Å². The number of hydrogen-bond donors (Lipinski definition) is 1. The van der Waals surface area contributed by atoms with E-state index in [9.17, 15) is 13.2 Å². The number of amides is 1. The van der Waals surface area contributed by atoms with E-state index in [4.69, 9.17) is 9.47 Å². The molecule has 1 N–H and O–H groups in total. The Kier molecular flexibility index (Phi) is 7.64. The zero-order valence-corrected chi connectivity index (χ0v) is 18.3. The molecule has 0 aliphatic rings. The third kappa shape index (κ3) is 5.27. The van der Waals surface area contributed by atoms with Crippen LogP contribution in [0.5, 0.6) is 11.5 Å². The lowest BCUT2D eigenvalue weighted by molar-refractivity contribution is -0.115. The largest absolute Gasteiger partial charge is 0.493 e. The summed E-state index contributed by atoms with van der Waals surface area (Å²) in [5.74, 6) is 0.870. The molecule has 0 aliphatic carbocycles. The van der Waals surface area contributed by atoms with E-state index in [0.29, 0.717) is 35.8 Å². The van der Waals surface area contributed by atoms with Crippen LogP contribution < -0.4 is 14.8 Å². The first kappa shape index (κ1) is 22.7. The number of anilines is 1. The SMILES string of the molecule is CCN(CC)S(=O)(=O)c1cc(NC(=O)Cc2ccc(OC)c(OC)c2)ccc1C. The molecule has 2 aromatic rings. The lowest BCUT2D eigenvalue weighted by Crippen LogP contribution is -2.31. The minimum absolute atomic E-state index is 0.117. The fourth-order valence-corrected chi connectivity index (χ4v) is 4.75. The van der Waals surface area contributed by atoms with Crippen molar-refractivity contribution >= 4 is 21.6 Å². The van der Waals surface area contributed by atoms with Gasteiger partial charge in [0.05, 0.1) is 25.5 Å². The van der Waals surface area contributed by atoms with Crippen molar-refractivity contribution in [2.45, 2.75) is 32.1 Å². The van der Waals surface area contributed by atoms with Gasteiger partial charge >= 0.3 is 0 Å². The normalized spacial score (nSPS) is 11.4. The van der Waals surface area contributed by atoms with Crippen LogP contribution in [-0.2, 0) is 21.2 Å².